The Kier molecular flexibility index (Phi) is 5.93. The van der Waals surface area contributed by atoms with Crippen LogP contribution >= 0.6 is 11.8 Å². The van der Waals surface area contributed by atoms with Gasteiger partial charge in [0.05, 0.1) is 24.1 Å². The van der Waals surface area contributed by atoms with Crippen LogP contribution < -0.4 is 9.47 Å². The molecule has 0 radical (unpaired) electrons. The normalized spacial score (nSPS) is 10.6. The lowest BCUT2D eigenvalue weighted by molar-refractivity contribution is -0.395. The Hall–Kier alpha value is -3.67. The molecule has 2 aromatic carbocycles. The van der Waals surface area contributed by atoms with Gasteiger partial charge in [0.15, 0.2) is 0 Å². The van der Waals surface area contributed by atoms with Crippen LogP contribution in [0, 0.1) is 20.2 Å². The minimum atomic E-state index is -0.728. The summed E-state index contributed by atoms with van der Waals surface area (Å²) in [6.07, 6.45) is 0. The second-order valence-electron chi connectivity index (χ2n) is 5.57. The molecular weight excluding hydrogens is 404 g/mol. The molecule has 0 fully saturated rings. The van der Waals surface area contributed by atoms with Gasteiger partial charge in [-0.1, -0.05) is 11.8 Å². The van der Waals surface area contributed by atoms with Crippen molar-refractivity contribution in [1.29, 1.82) is 0 Å². The molecule has 11 nitrogen and oxygen atoms in total. The van der Waals surface area contributed by atoms with E-state index < -0.39 is 27.0 Å². The highest BCUT2D eigenvalue weighted by molar-refractivity contribution is 7.98. The number of nitrogens with zero attached hydrogens (tertiary/aromatic N) is 4. The van der Waals surface area contributed by atoms with Crippen LogP contribution in [0.4, 0.5) is 11.4 Å². The Balaban J connectivity index is 1.80. The van der Waals surface area contributed by atoms with Crippen molar-refractivity contribution in [3.8, 4) is 23.0 Å². The number of nitro groups is 2. The lowest BCUT2D eigenvalue weighted by atomic mass is 10.1. The maximum Gasteiger partial charge on any atom is 0.318 e. The smallest absolute Gasteiger partial charge is 0.318 e. The third-order valence-corrected chi connectivity index (χ3v) is 4.70. The predicted octanol–water partition coefficient (Wildman–Crippen LogP) is 3.86. The summed E-state index contributed by atoms with van der Waals surface area (Å²) >= 11 is 1.10. The van der Waals surface area contributed by atoms with E-state index in [1.807, 2.05) is 0 Å². The molecule has 1 aromatic heterocycles. The van der Waals surface area contributed by atoms with Gasteiger partial charge in [-0.2, -0.15) is 0 Å². The summed E-state index contributed by atoms with van der Waals surface area (Å²) in [5.74, 6) is 0.733. The summed E-state index contributed by atoms with van der Waals surface area (Å²) in [5.41, 5.74) is 0.0720. The van der Waals surface area contributed by atoms with Crippen LogP contribution in [0.15, 0.2) is 46.0 Å². The number of thioether (sulfide) groups is 1. The number of hydrogen-bond acceptors (Lipinski definition) is 10. The van der Waals surface area contributed by atoms with Crippen LogP contribution in [0.1, 0.15) is 5.56 Å². The first-order chi connectivity index (χ1) is 13.9. The molecule has 1 heterocycles. The summed E-state index contributed by atoms with van der Waals surface area (Å²) < 4.78 is 15.5. The first-order valence-electron chi connectivity index (χ1n) is 8.03. The monoisotopic (exact) mass is 418 g/mol. The molecule has 0 amide bonds. The van der Waals surface area contributed by atoms with E-state index in [9.17, 15) is 20.2 Å². The van der Waals surface area contributed by atoms with Gasteiger partial charge in [0.1, 0.15) is 5.75 Å². The lowest BCUT2D eigenvalue weighted by Crippen LogP contribution is -2.00. The highest BCUT2D eigenvalue weighted by atomic mass is 32.2. The van der Waals surface area contributed by atoms with Crippen molar-refractivity contribution in [2.45, 2.75) is 11.0 Å². The maximum atomic E-state index is 11.2. The number of rotatable bonds is 8. The van der Waals surface area contributed by atoms with E-state index in [1.165, 1.54) is 12.1 Å². The van der Waals surface area contributed by atoms with Gasteiger partial charge in [-0.15, -0.1) is 10.2 Å². The van der Waals surface area contributed by atoms with Crippen LogP contribution in [0.3, 0.4) is 0 Å². The van der Waals surface area contributed by atoms with Crippen molar-refractivity contribution in [3.63, 3.8) is 0 Å². The molecule has 0 saturated carbocycles. The number of nitro benzene ring substituents is 2. The molecule has 12 heteroatoms. The Morgan fingerprint density at radius 3 is 2.14 bits per heavy atom. The topological polar surface area (TPSA) is 144 Å². The molecule has 0 atom stereocenters. The highest BCUT2D eigenvalue weighted by Crippen LogP contribution is 2.39. The molecule has 0 aliphatic carbocycles. The standard InChI is InChI=1S/C17H14N4O7S/c1-26-12-5-3-11(4-6-12)16-18-19-17(28-16)29-9-10-7-13(20(22)23)15(27-2)14(8-10)21(24)25/h3-8H,9H2,1-2H3. The summed E-state index contributed by atoms with van der Waals surface area (Å²) in [5, 5.41) is 30.6. The first-order valence-corrected chi connectivity index (χ1v) is 9.02. The third-order valence-electron chi connectivity index (χ3n) is 3.81. The third kappa shape index (κ3) is 4.43. The average Bonchev–Trinajstić information content (AvgIpc) is 3.20. The number of methoxy groups -OCH3 is 2. The second-order valence-corrected chi connectivity index (χ2v) is 6.50. The summed E-state index contributed by atoms with van der Waals surface area (Å²) in [7, 11) is 2.70. The Morgan fingerprint density at radius 1 is 1.00 bits per heavy atom. The zero-order valence-corrected chi connectivity index (χ0v) is 16.0. The Labute approximate surface area is 167 Å². The Bertz CT molecular complexity index is 1020. The molecule has 150 valence electrons. The van der Waals surface area contributed by atoms with Crippen molar-refractivity contribution in [3.05, 3.63) is 62.2 Å². The molecular formula is C17H14N4O7S. The molecule has 0 saturated heterocycles. The molecule has 3 aromatic rings. The van der Waals surface area contributed by atoms with Crippen LogP contribution in [0.25, 0.3) is 11.5 Å². The van der Waals surface area contributed by atoms with E-state index in [1.54, 1.807) is 31.4 Å². The largest absolute Gasteiger partial charge is 0.497 e. The molecule has 0 aliphatic rings. The second kappa shape index (κ2) is 8.56. The molecule has 0 aliphatic heterocycles. The van der Waals surface area contributed by atoms with Gasteiger partial charge in [-0.05, 0) is 29.8 Å². The molecule has 0 N–H and O–H groups in total. The van der Waals surface area contributed by atoms with Gasteiger partial charge >= 0.3 is 11.4 Å². The van der Waals surface area contributed by atoms with E-state index in [0.717, 1.165) is 18.9 Å². The maximum absolute atomic E-state index is 11.2. The zero-order valence-electron chi connectivity index (χ0n) is 15.2. The van der Waals surface area contributed by atoms with Gasteiger partial charge in [0, 0.05) is 23.4 Å². The van der Waals surface area contributed by atoms with E-state index in [2.05, 4.69) is 10.2 Å². The van der Waals surface area contributed by atoms with Crippen molar-refractivity contribution in [2.24, 2.45) is 0 Å². The first kappa shape index (κ1) is 20.1. The highest BCUT2D eigenvalue weighted by Gasteiger charge is 2.28. The SMILES string of the molecule is COc1ccc(-c2nnc(SCc3cc([N+](=O)[O-])c(OC)c([N+](=O)[O-])c3)o2)cc1. The van der Waals surface area contributed by atoms with Gasteiger partial charge in [0.25, 0.3) is 11.0 Å². The van der Waals surface area contributed by atoms with E-state index >= 15 is 0 Å². The van der Waals surface area contributed by atoms with Gasteiger partial charge in [0.2, 0.25) is 5.89 Å². The number of benzene rings is 2. The molecule has 29 heavy (non-hydrogen) atoms. The fourth-order valence-electron chi connectivity index (χ4n) is 2.48. The van der Waals surface area contributed by atoms with Gasteiger partial charge < -0.3 is 13.9 Å². The number of hydrogen-bond donors (Lipinski definition) is 0. The summed E-state index contributed by atoms with van der Waals surface area (Å²) in [6, 6.07) is 9.47. The van der Waals surface area contributed by atoms with Crippen LogP contribution in [0.2, 0.25) is 0 Å². The predicted molar refractivity (Wildman–Crippen MR) is 102 cm³/mol. The minimum Gasteiger partial charge on any atom is -0.497 e. The minimum absolute atomic E-state index is 0.149. The molecule has 0 unspecified atom stereocenters. The average molecular weight is 418 g/mol. The van der Waals surface area contributed by atoms with Crippen molar-refractivity contribution in [1.82, 2.24) is 10.2 Å². The lowest BCUT2D eigenvalue weighted by Gasteiger charge is -2.05. The van der Waals surface area contributed by atoms with Crippen LogP contribution in [-0.2, 0) is 5.75 Å². The summed E-state index contributed by atoms with van der Waals surface area (Å²) in [4.78, 5) is 21.0. The number of ether oxygens (including phenoxy) is 2. The van der Waals surface area contributed by atoms with Crippen molar-refractivity contribution < 1.29 is 23.7 Å². The summed E-state index contributed by atoms with van der Waals surface area (Å²) in [6.45, 7) is 0. The Morgan fingerprint density at radius 2 is 1.62 bits per heavy atom. The fourth-order valence-corrected chi connectivity index (χ4v) is 3.18. The number of aromatic nitrogens is 2. The van der Waals surface area contributed by atoms with E-state index in [-0.39, 0.29) is 11.0 Å². The van der Waals surface area contributed by atoms with Gasteiger partial charge in [-0.3, -0.25) is 20.2 Å². The quantitative estimate of drug-likeness (QED) is 0.300. The van der Waals surface area contributed by atoms with E-state index in [0.29, 0.717) is 22.8 Å². The van der Waals surface area contributed by atoms with E-state index in [4.69, 9.17) is 13.9 Å². The molecule has 3 rings (SSSR count). The van der Waals surface area contributed by atoms with Crippen LogP contribution in [-0.4, -0.2) is 34.3 Å². The molecule has 0 spiro atoms. The van der Waals surface area contributed by atoms with Crippen molar-refractivity contribution >= 4 is 23.1 Å². The van der Waals surface area contributed by atoms with Crippen molar-refractivity contribution in [2.75, 3.05) is 14.2 Å². The molecule has 0 bridgehead atoms. The zero-order chi connectivity index (χ0) is 21.0. The van der Waals surface area contributed by atoms with Gasteiger partial charge in [-0.25, -0.2) is 0 Å². The van der Waals surface area contributed by atoms with Crippen LogP contribution in [0.5, 0.6) is 11.5 Å². The fraction of sp³-hybridized carbons (Fsp3) is 0.176.